The first kappa shape index (κ1) is 15.2. The number of methoxy groups -OCH3 is 1. The van der Waals surface area contributed by atoms with Crippen molar-refractivity contribution in [2.75, 3.05) is 13.7 Å². The third kappa shape index (κ3) is 5.04. The zero-order valence-corrected chi connectivity index (χ0v) is 13.2. The summed E-state index contributed by atoms with van der Waals surface area (Å²) >= 11 is 0. The van der Waals surface area contributed by atoms with Crippen LogP contribution >= 0.6 is 0 Å². The predicted octanol–water partition coefficient (Wildman–Crippen LogP) is 3.76. The Hall–Kier alpha value is -1.22. The second-order valence-electron chi connectivity index (χ2n) is 6.67. The smallest absolute Gasteiger partial charge is 0.161 e. The molecule has 1 saturated carbocycles. The first-order valence-corrected chi connectivity index (χ1v) is 7.53. The van der Waals surface area contributed by atoms with Crippen LogP contribution in [0.5, 0.6) is 11.5 Å². The maximum Gasteiger partial charge on any atom is 0.161 e. The third-order valence-corrected chi connectivity index (χ3v) is 3.53. The average Bonchev–Trinajstić information content (AvgIpc) is 3.20. The molecule has 0 amide bonds. The summed E-state index contributed by atoms with van der Waals surface area (Å²) in [5, 5.41) is 3.49. The molecular formula is C17H27NO2. The van der Waals surface area contributed by atoms with Crippen LogP contribution in [0.4, 0.5) is 0 Å². The van der Waals surface area contributed by atoms with Gasteiger partial charge in [0.15, 0.2) is 11.5 Å². The van der Waals surface area contributed by atoms with Gasteiger partial charge in [-0.15, -0.1) is 0 Å². The highest BCUT2D eigenvalue weighted by Gasteiger charge is 2.21. The van der Waals surface area contributed by atoms with Crippen molar-refractivity contribution in [2.24, 2.45) is 5.92 Å². The molecule has 0 aliphatic heterocycles. The van der Waals surface area contributed by atoms with Crippen molar-refractivity contribution in [1.82, 2.24) is 5.32 Å². The molecule has 0 radical (unpaired) electrons. The number of hydrogen-bond acceptors (Lipinski definition) is 3. The van der Waals surface area contributed by atoms with Gasteiger partial charge in [-0.25, -0.2) is 0 Å². The Labute approximate surface area is 122 Å². The fraction of sp³-hybridized carbons (Fsp3) is 0.647. The summed E-state index contributed by atoms with van der Waals surface area (Å²) in [4.78, 5) is 0. The van der Waals surface area contributed by atoms with E-state index in [0.29, 0.717) is 0 Å². The Morgan fingerprint density at radius 2 is 1.95 bits per heavy atom. The zero-order chi connectivity index (χ0) is 14.6. The highest BCUT2D eigenvalue weighted by atomic mass is 16.5. The summed E-state index contributed by atoms with van der Waals surface area (Å²) < 4.78 is 11.3. The predicted molar refractivity (Wildman–Crippen MR) is 82.4 cm³/mol. The van der Waals surface area contributed by atoms with E-state index >= 15 is 0 Å². The molecule has 20 heavy (non-hydrogen) atoms. The summed E-state index contributed by atoms with van der Waals surface area (Å²) in [5.41, 5.74) is 1.34. The molecule has 0 unspecified atom stereocenters. The maximum atomic E-state index is 5.90. The van der Waals surface area contributed by atoms with E-state index in [1.54, 1.807) is 7.11 Å². The Bertz CT molecular complexity index is 433. The van der Waals surface area contributed by atoms with Crippen LogP contribution in [-0.2, 0) is 6.54 Å². The summed E-state index contributed by atoms with van der Waals surface area (Å²) in [6.45, 7) is 8.14. The zero-order valence-electron chi connectivity index (χ0n) is 13.2. The number of hydrogen-bond donors (Lipinski definition) is 1. The van der Waals surface area contributed by atoms with Crippen LogP contribution in [0.1, 0.15) is 45.6 Å². The van der Waals surface area contributed by atoms with Gasteiger partial charge in [-0.2, -0.15) is 0 Å². The van der Waals surface area contributed by atoms with Crippen molar-refractivity contribution in [1.29, 1.82) is 0 Å². The van der Waals surface area contributed by atoms with E-state index in [2.05, 4.69) is 38.2 Å². The van der Waals surface area contributed by atoms with E-state index in [1.165, 1.54) is 18.4 Å². The van der Waals surface area contributed by atoms with Crippen LogP contribution in [0.3, 0.4) is 0 Å². The summed E-state index contributed by atoms with van der Waals surface area (Å²) in [7, 11) is 1.69. The van der Waals surface area contributed by atoms with Crippen LogP contribution in [0.2, 0.25) is 0 Å². The molecule has 0 spiro atoms. The van der Waals surface area contributed by atoms with Crippen molar-refractivity contribution < 1.29 is 9.47 Å². The van der Waals surface area contributed by atoms with Gasteiger partial charge in [-0.05, 0) is 50.8 Å². The molecule has 0 saturated heterocycles. The van der Waals surface area contributed by atoms with E-state index in [-0.39, 0.29) is 5.54 Å². The number of rotatable bonds is 7. The molecule has 0 bridgehead atoms. The third-order valence-electron chi connectivity index (χ3n) is 3.53. The van der Waals surface area contributed by atoms with Crippen LogP contribution < -0.4 is 14.8 Å². The van der Waals surface area contributed by atoms with E-state index in [9.17, 15) is 0 Å². The number of benzene rings is 1. The van der Waals surface area contributed by atoms with E-state index in [4.69, 9.17) is 9.47 Å². The van der Waals surface area contributed by atoms with Gasteiger partial charge in [0.1, 0.15) is 0 Å². The van der Waals surface area contributed by atoms with E-state index < -0.39 is 0 Å². The Morgan fingerprint density at radius 3 is 2.55 bits per heavy atom. The van der Waals surface area contributed by atoms with Crippen LogP contribution in [0.25, 0.3) is 0 Å². The van der Waals surface area contributed by atoms with Crippen molar-refractivity contribution in [3.8, 4) is 11.5 Å². The molecule has 0 heterocycles. The monoisotopic (exact) mass is 277 g/mol. The molecule has 1 fully saturated rings. The van der Waals surface area contributed by atoms with Crippen molar-refractivity contribution in [3.63, 3.8) is 0 Å². The van der Waals surface area contributed by atoms with Crippen molar-refractivity contribution in [3.05, 3.63) is 23.8 Å². The van der Waals surface area contributed by atoms with Gasteiger partial charge < -0.3 is 14.8 Å². The lowest BCUT2D eigenvalue weighted by Crippen LogP contribution is -2.35. The molecule has 1 aliphatic rings. The second-order valence-corrected chi connectivity index (χ2v) is 6.67. The Morgan fingerprint density at radius 1 is 1.20 bits per heavy atom. The quantitative estimate of drug-likeness (QED) is 0.823. The highest BCUT2D eigenvalue weighted by molar-refractivity contribution is 5.43. The van der Waals surface area contributed by atoms with E-state index in [1.807, 2.05) is 6.07 Å². The molecule has 1 N–H and O–H groups in total. The molecule has 0 atom stereocenters. The molecule has 1 aromatic carbocycles. The van der Waals surface area contributed by atoms with Crippen LogP contribution in [0, 0.1) is 5.92 Å². The Balaban J connectivity index is 1.95. The number of ether oxygens (including phenoxy) is 2. The molecule has 112 valence electrons. The minimum absolute atomic E-state index is 0.118. The molecule has 1 aromatic rings. The summed E-state index contributed by atoms with van der Waals surface area (Å²) in [5.74, 6) is 2.58. The average molecular weight is 277 g/mol. The molecule has 1 aliphatic carbocycles. The van der Waals surface area contributed by atoms with Gasteiger partial charge in [0.25, 0.3) is 0 Å². The molecular weight excluding hydrogens is 250 g/mol. The van der Waals surface area contributed by atoms with Crippen LogP contribution in [-0.4, -0.2) is 19.3 Å². The van der Waals surface area contributed by atoms with Gasteiger partial charge in [-0.1, -0.05) is 18.9 Å². The van der Waals surface area contributed by atoms with Gasteiger partial charge in [0.05, 0.1) is 13.7 Å². The van der Waals surface area contributed by atoms with Crippen molar-refractivity contribution in [2.45, 2.75) is 52.1 Å². The fourth-order valence-electron chi connectivity index (χ4n) is 2.05. The van der Waals surface area contributed by atoms with Crippen molar-refractivity contribution >= 4 is 0 Å². The molecule has 0 aromatic heterocycles. The maximum absolute atomic E-state index is 5.90. The molecule has 2 rings (SSSR count). The largest absolute Gasteiger partial charge is 0.493 e. The van der Waals surface area contributed by atoms with Crippen LogP contribution in [0.15, 0.2) is 18.2 Å². The second kappa shape index (κ2) is 6.49. The van der Waals surface area contributed by atoms with Gasteiger partial charge in [-0.3, -0.25) is 0 Å². The normalized spacial score (nSPS) is 15.2. The summed E-state index contributed by atoms with van der Waals surface area (Å²) in [6.07, 6.45) is 3.90. The first-order valence-electron chi connectivity index (χ1n) is 7.53. The number of nitrogens with one attached hydrogen (secondary N) is 1. The van der Waals surface area contributed by atoms with Gasteiger partial charge in [0, 0.05) is 12.1 Å². The lowest BCUT2D eigenvalue weighted by molar-refractivity contribution is 0.282. The summed E-state index contributed by atoms with van der Waals surface area (Å²) in [6, 6.07) is 6.17. The highest BCUT2D eigenvalue weighted by Crippen LogP contribution is 2.33. The van der Waals surface area contributed by atoms with E-state index in [0.717, 1.165) is 37.0 Å². The topological polar surface area (TPSA) is 30.5 Å². The minimum atomic E-state index is 0.118. The molecule has 3 nitrogen and oxygen atoms in total. The lowest BCUT2D eigenvalue weighted by Gasteiger charge is -2.21. The molecule has 3 heteroatoms. The SMILES string of the molecule is COc1ccc(CNC(C)(C)C)cc1OCCC1CC1. The standard InChI is InChI=1S/C17H27NO2/c1-17(2,3)18-12-14-7-8-15(19-4)16(11-14)20-10-9-13-5-6-13/h7-8,11,13,18H,5-6,9-10,12H2,1-4H3. The fourth-order valence-corrected chi connectivity index (χ4v) is 2.05. The van der Waals surface area contributed by atoms with Gasteiger partial charge >= 0.3 is 0 Å². The van der Waals surface area contributed by atoms with Gasteiger partial charge in [0.2, 0.25) is 0 Å². The minimum Gasteiger partial charge on any atom is -0.493 e. The lowest BCUT2D eigenvalue weighted by atomic mass is 10.1. The Kier molecular flexibility index (Phi) is 4.92. The first-order chi connectivity index (χ1) is 9.48.